The van der Waals surface area contributed by atoms with E-state index in [0.29, 0.717) is 5.15 Å². The summed E-state index contributed by atoms with van der Waals surface area (Å²) in [6.45, 7) is 16.3. The van der Waals surface area contributed by atoms with E-state index < -0.39 is 0 Å². The molecule has 4 nitrogen and oxygen atoms in total. The number of halogens is 1. The third-order valence-electron chi connectivity index (χ3n) is 5.87. The molecule has 2 aromatic rings. The summed E-state index contributed by atoms with van der Waals surface area (Å²) in [5.74, 6) is 0.920. The molecule has 0 fully saturated rings. The van der Waals surface area contributed by atoms with Crippen molar-refractivity contribution in [1.29, 1.82) is 0 Å². The fraction of sp³-hybridized carbons (Fsp3) is 0.542. The lowest BCUT2D eigenvalue weighted by Crippen LogP contribution is -2.25. The molecule has 0 aliphatic heterocycles. The first-order valence-electron chi connectivity index (χ1n) is 11.0. The first kappa shape index (κ1) is 21.9. The Hall–Kier alpha value is -1.78. The number of aromatic nitrogens is 3. The van der Waals surface area contributed by atoms with Crippen LogP contribution in [0.25, 0.3) is 11.5 Å². The monoisotopic (exact) mass is 414 g/mol. The molecule has 0 spiro atoms. The Morgan fingerprint density at radius 1 is 1.17 bits per heavy atom. The molecular weight excluding hydrogens is 380 g/mol. The minimum absolute atomic E-state index is 0.711. The van der Waals surface area contributed by atoms with E-state index in [4.69, 9.17) is 16.6 Å². The van der Waals surface area contributed by atoms with Gasteiger partial charge in [0.2, 0.25) is 5.78 Å². The Morgan fingerprint density at radius 2 is 1.93 bits per heavy atom. The van der Waals surface area contributed by atoms with Crippen LogP contribution in [0.1, 0.15) is 72.2 Å². The molecule has 158 valence electrons. The molecule has 2 aromatic heterocycles. The minimum atomic E-state index is 0.711. The van der Waals surface area contributed by atoms with Crippen LogP contribution in [0.3, 0.4) is 0 Å². The SMILES string of the molecule is CCCCN(CC)Cc1c(CC)nc2n(C3=C(C)C=C(C)CC=C3C)c(Cl)cn12. The smallest absolute Gasteiger partial charge is 0.220 e. The molecule has 0 amide bonds. The molecule has 0 radical (unpaired) electrons. The fourth-order valence-corrected chi connectivity index (χ4v) is 4.48. The summed E-state index contributed by atoms with van der Waals surface area (Å²) < 4.78 is 4.34. The van der Waals surface area contributed by atoms with Crippen molar-refractivity contribution in [2.24, 2.45) is 0 Å². The van der Waals surface area contributed by atoms with Crippen LogP contribution >= 0.6 is 11.6 Å². The summed E-state index contributed by atoms with van der Waals surface area (Å²) in [5, 5.41) is 0.711. The highest BCUT2D eigenvalue weighted by Crippen LogP contribution is 2.33. The summed E-state index contributed by atoms with van der Waals surface area (Å²) in [7, 11) is 0. The molecule has 0 atom stereocenters. The number of aryl methyl sites for hydroxylation is 1. The molecule has 0 saturated carbocycles. The lowest BCUT2D eigenvalue weighted by atomic mass is 10.1. The predicted octanol–water partition coefficient (Wildman–Crippen LogP) is 6.50. The number of nitrogens with zero attached hydrogens (tertiary/aromatic N) is 4. The zero-order valence-corrected chi connectivity index (χ0v) is 19.6. The van der Waals surface area contributed by atoms with Gasteiger partial charge in [-0.05, 0) is 64.3 Å². The van der Waals surface area contributed by atoms with E-state index in [9.17, 15) is 0 Å². The molecule has 0 bridgehead atoms. The zero-order valence-electron chi connectivity index (χ0n) is 18.8. The van der Waals surface area contributed by atoms with Crippen LogP contribution in [-0.4, -0.2) is 31.9 Å². The van der Waals surface area contributed by atoms with Crippen LogP contribution in [0.2, 0.25) is 5.15 Å². The van der Waals surface area contributed by atoms with Gasteiger partial charge in [0.05, 0.1) is 17.1 Å². The van der Waals surface area contributed by atoms with E-state index in [1.54, 1.807) is 0 Å². The average molecular weight is 415 g/mol. The van der Waals surface area contributed by atoms with Crippen LogP contribution in [-0.2, 0) is 13.0 Å². The quantitative estimate of drug-likeness (QED) is 0.492. The second kappa shape index (κ2) is 9.36. The number of unbranched alkanes of at least 4 members (excludes halogenated alkanes) is 1. The summed E-state index contributed by atoms with van der Waals surface area (Å²) in [6.07, 6.45) is 10.9. The van der Waals surface area contributed by atoms with Crippen LogP contribution in [0.15, 0.2) is 35.1 Å². The summed E-state index contributed by atoms with van der Waals surface area (Å²) >= 11 is 6.79. The normalized spacial score (nSPS) is 15.3. The van der Waals surface area contributed by atoms with E-state index in [1.807, 2.05) is 6.20 Å². The van der Waals surface area contributed by atoms with Crippen molar-refractivity contribution in [2.75, 3.05) is 13.1 Å². The molecule has 29 heavy (non-hydrogen) atoms. The van der Waals surface area contributed by atoms with Crippen LogP contribution in [0.5, 0.6) is 0 Å². The van der Waals surface area contributed by atoms with Crippen LogP contribution < -0.4 is 0 Å². The van der Waals surface area contributed by atoms with E-state index >= 15 is 0 Å². The number of hydrogen-bond acceptors (Lipinski definition) is 2. The number of allylic oxidation sites excluding steroid dienone is 6. The Labute approximate surface area is 180 Å². The van der Waals surface area contributed by atoms with Gasteiger partial charge in [0, 0.05) is 12.7 Å². The maximum atomic E-state index is 6.79. The molecule has 2 heterocycles. The maximum Gasteiger partial charge on any atom is 0.220 e. The predicted molar refractivity (Wildman–Crippen MR) is 124 cm³/mol. The summed E-state index contributed by atoms with van der Waals surface area (Å²) in [6, 6.07) is 0. The Morgan fingerprint density at radius 3 is 2.59 bits per heavy atom. The number of hydrogen-bond donors (Lipinski definition) is 0. The number of fused-ring (bicyclic) bond motifs is 1. The van der Waals surface area contributed by atoms with Crippen molar-refractivity contribution < 1.29 is 0 Å². The van der Waals surface area contributed by atoms with Crippen molar-refractivity contribution in [1.82, 2.24) is 18.9 Å². The van der Waals surface area contributed by atoms with E-state index in [1.165, 1.54) is 40.9 Å². The number of imidazole rings is 2. The van der Waals surface area contributed by atoms with Crippen molar-refractivity contribution in [3.63, 3.8) is 0 Å². The molecule has 0 saturated heterocycles. The third-order valence-corrected chi connectivity index (χ3v) is 6.14. The van der Waals surface area contributed by atoms with Crippen molar-refractivity contribution >= 4 is 23.1 Å². The van der Waals surface area contributed by atoms with E-state index in [0.717, 1.165) is 44.0 Å². The lowest BCUT2D eigenvalue weighted by molar-refractivity contribution is 0.270. The van der Waals surface area contributed by atoms with Gasteiger partial charge in [-0.2, -0.15) is 0 Å². The second-order valence-electron chi connectivity index (χ2n) is 8.15. The highest BCUT2D eigenvalue weighted by Gasteiger charge is 2.22. The maximum absolute atomic E-state index is 6.79. The van der Waals surface area contributed by atoms with Crippen molar-refractivity contribution in [3.8, 4) is 0 Å². The van der Waals surface area contributed by atoms with Crippen molar-refractivity contribution in [2.45, 2.75) is 73.8 Å². The molecule has 1 aliphatic rings. The highest BCUT2D eigenvalue weighted by atomic mass is 35.5. The molecule has 0 aromatic carbocycles. The molecule has 1 aliphatic carbocycles. The van der Waals surface area contributed by atoms with Crippen LogP contribution in [0.4, 0.5) is 0 Å². The van der Waals surface area contributed by atoms with Gasteiger partial charge >= 0.3 is 0 Å². The van der Waals surface area contributed by atoms with Gasteiger partial charge in [0.25, 0.3) is 0 Å². The third kappa shape index (κ3) is 4.39. The van der Waals surface area contributed by atoms with E-state index in [-0.39, 0.29) is 0 Å². The first-order valence-corrected chi connectivity index (χ1v) is 11.3. The van der Waals surface area contributed by atoms with Gasteiger partial charge in [-0.1, -0.05) is 56.5 Å². The van der Waals surface area contributed by atoms with Gasteiger partial charge < -0.3 is 0 Å². The van der Waals surface area contributed by atoms with E-state index in [2.05, 4.69) is 67.6 Å². The molecule has 0 unspecified atom stereocenters. The Bertz CT molecular complexity index is 971. The largest absolute Gasteiger partial charge is 0.298 e. The minimum Gasteiger partial charge on any atom is -0.298 e. The van der Waals surface area contributed by atoms with Gasteiger partial charge in [-0.15, -0.1) is 0 Å². The average Bonchev–Trinajstić information content (AvgIpc) is 3.14. The Kier molecular flexibility index (Phi) is 7.07. The first-order chi connectivity index (χ1) is 13.9. The van der Waals surface area contributed by atoms with Crippen LogP contribution in [0, 0.1) is 0 Å². The summed E-state index contributed by atoms with van der Waals surface area (Å²) in [4.78, 5) is 7.55. The van der Waals surface area contributed by atoms with Gasteiger partial charge in [0.1, 0.15) is 5.15 Å². The zero-order chi connectivity index (χ0) is 21.1. The number of rotatable bonds is 8. The topological polar surface area (TPSA) is 25.5 Å². The molecule has 0 N–H and O–H groups in total. The second-order valence-corrected chi connectivity index (χ2v) is 8.54. The highest BCUT2D eigenvalue weighted by molar-refractivity contribution is 6.30. The summed E-state index contributed by atoms with van der Waals surface area (Å²) in [5.41, 5.74) is 7.43. The van der Waals surface area contributed by atoms with Gasteiger partial charge in [-0.3, -0.25) is 13.9 Å². The van der Waals surface area contributed by atoms with Crippen molar-refractivity contribution in [3.05, 3.63) is 51.6 Å². The Balaban J connectivity index is 2.14. The molecule has 3 rings (SSSR count). The standard InChI is InChI=1S/C24H35ClN4/c1-7-10-13-27(9-3)15-21-20(8-2)26-24-28(21)16-22(25)29(24)23-18(5)12-11-17(4)14-19(23)6/h12,14,16H,7-11,13,15H2,1-6H3. The lowest BCUT2D eigenvalue weighted by Gasteiger charge is -2.20. The fourth-order valence-electron chi connectivity index (χ4n) is 4.22. The van der Waals surface area contributed by atoms with Gasteiger partial charge in [0.15, 0.2) is 0 Å². The molecule has 5 heteroatoms. The molecular formula is C24H35ClN4. The van der Waals surface area contributed by atoms with Gasteiger partial charge in [-0.25, -0.2) is 4.98 Å².